The van der Waals surface area contributed by atoms with Crippen molar-refractivity contribution >= 4 is 35.6 Å². The molecule has 3 rings (SSSR count). The van der Waals surface area contributed by atoms with E-state index in [1.165, 1.54) is 0 Å². The summed E-state index contributed by atoms with van der Waals surface area (Å²) in [4.78, 5) is 79.1. The highest BCUT2D eigenvalue weighted by molar-refractivity contribution is 6.38. The second-order valence-electron chi connectivity index (χ2n) is 12.6. The third kappa shape index (κ3) is 8.79. The molecule has 0 bridgehead atoms. The quantitative estimate of drug-likeness (QED) is 0.223. The van der Waals surface area contributed by atoms with E-state index in [0.717, 1.165) is 4.90 Å². The van der Waals surface area contributed by atoms with Gasteiger partial charge in [0.15, 0.2) is 0 Å². The molecule has 0 unspecified atom stereocenters. The first-order chi connectivity index (χ1) is 21.6. The van der Waals surface area contributed by atoms with Crippen LogP contribution in [0, 0.1) is 17.8 Å². The lowest BCUT2D eigenvalue weighted by Gasteiger charge is -2.33. The molecule has 0 radical (unpaired) electrons. The Hall–Kier alpha value is -4.10. The van der Waals surface area contributed by atoms with Gasteiger partial charge in [0.05, 0.1) is 12.1 Å². The zero-order valence-corrected chi connectivity index (χ0v) is 26.8. The van der Waals surface area contributed by atoms with Crippen molar-refractivity contribution in [2.45, 2.75) is 103 Å². The molecule has 1 aliphatic carbocycles. The molecule has 4 amide bonds. The fraction of sp³-hybridized carbons (Fsp3) is 0.625. The molecule has 2 fully saturated rings. The van der Waals surface area contributed by atoms with Crippen LogP contribution in [0.15, 0.2) is 30.3 Å². The van der Waals surface area contributed by atoms with Crippen molar-refractivity contribution in [3.8, 4) is 0 Å². The number of hydrogen-bond donors (Lipinski definition) is 4. The van der Waals surface area contributed by atoms with E-state index in [1.54, 1.807) is 65.0 Å². The number of ether oxygens (including phenoxy) is 1. The number of fused-ring (bicyclic) bond motifs is 1. The molecule has 0 aromatic heterocycles. The third-order valence-electron chi connectivity index (χ3n) is 8.43. The molecule has 1 saturated heterocycles. The SMILES string of the molecule is CCC[C@@H](NC(=O)[C@@H]1[C@H]2CCC(F)(F)[C@H]2CN1C(=O)[C@@H](NC(=O)OC(C)C)C(C)C)C(=O)C(=O)N[C@@H](Cc1ccccc1)C(=O)O. The summed E-state index contributed by atoms with van der Waals surface area (Å²) in [5.74, 6) is -11.2. The largest absolute Gasteiger partial charge is 0.480 e. The molecular formula is C32H44F2N4O8. The fourth-order valence-corrected chi connectivity index (χ4v) is 6.14. The highest BCUT2D eigenvalue weighted by atomic mass is 19.3. The Morgan fingerprint density at radius 2 is 1.65 bits per heavy atom. The maximum Gasteiger partial charge on any atom is 0.408 e. The maximum absolute atomic E-state index is 14.9. The Morgan fingerprint density at radius 3 is 2.22 bits per heavy atom. The van der Waals surface area contributed by atoms with Gasteiger partial charge in [-0.25, -0.2) is 18.4 Å². The van der Waals surface area contributed by atoms with Crippen LogP contribution < -0.4 is 16.0 Å². The number of carboxylic acids is 1. The predicted octanol–water partition coefficient (Wildman–Crippen LogP) is 2.68. The van der Waals surface area contributed by atoms with Crippen molar-refractivity contribution in [3.05, 3.63) is 35.9 Å². The minimum atomic E-state index is -3.14. The summed E-state index contributed by atoms with van der Waals surface area (Å²) in [5.41, 5.74) is 0.613. The third-order valence-corrected chi connectivity index (χ3v) is 8.43. The van der Waals surface area contributed by atoms with Crippen molar-refractivity contribution in [3.63, 3.8) is 0 Å². The average molecular weight is 651 g/mol. The van der Waals surface area contributed by atoms with Crippen LogP contribution in [0.5, 0.6) is 0 Å². The Bertz CT molecular complexity index is 1290. The number of amides is 4. The van der Waals surface area contributed by atoms with Gasteiger partial charge in [-0.05, 0) is 44.1 Å². The van der Waals surface area contributed by atoms with Crippen LogP contribution in [0.3, 0.4) is 0 Å². The molecule has 1 aliphatic heterocycles. The summed E-state index contributed by atoms with van der Waals surface area (Å²) in [6.45, 7) is 7.80. The van der Waals surface area contributed by atoms with Crippen LogP contribution in [-0.4, -0.2) is 88.3 Å². The lowest BCUT2D eigenvalue weighted by molar-refractivity contribution is -0.146. The molecule has 254 valence electrons. The lowest BCUT2D eigenvalue weighted by Crippen LogP contribution is -2.59. The first-order valence-corrected chi connectivity index (χ1v) is 15.6. The number of alkyl halides is 2. The number of hydrogen-bond acceptors (Lipinski definition) is 7. The van der Waals surface area contributed by atoms with E-state index in [1.807, 2.05) is 0 Å². The number of ketones is 1. The topological polar surface area (TPSA) is 171 Å². The molecule has 1 aromatic carbocycles. The average Bonchev–Trinajstić information content (AvgIpc) is 3.51. The van der Waals surface area contributed by atoms with Crippen LogP contribution in [0.4, 0.5) is 13.6 Å². The Morgan fingerprint density at radius 1 is 1.00 bits per heavy atom. The van der Waals surface area contributed by atoms with E-state index in [-0.39, 0.29) is 19.3 Å². The molecular weight excluding hydrogens is 606 g/mol. The summed E-state index contributed by atoms with van der Waals surface area (Å²) >= 11 is 0. The Balaban J connectivity index is 1.83. The fourth-order valence-electron chi connectivity index (χ4n) is 6.14. The van der Waals surface area contributed by atoms with Crippen LogP contribution in [0.1, 0.15) is 65.9 Å². The van der Waals surface area contributed by atoms with Gasteiger partial charge in [0.2, 0.25) is 17.6 Å². The minimum absolute atomic E-state index is 0.00342. The number of nitrogens with one attached hydrogen (secondary N) is 3. The van der Waals surface area contributed by atoms with Gasteiger partial charge in [-0.2, -0.15) is 0 Å². The zero-order chi connectivity index (χ0) is 34.3. The van der Waals surface area contributed by atoms with E-state index in [9.17, 15) is 42.7 Å². The second kappa shape index (κ2) is 15.5. The summed E-state index contributed by atoms with van der Waals surface area (Å²) < 4.78 is 35.0. The minimum Gasteiger partial charge on any atom is -0.480 e. The number of carboxylic acid groups (broad SMARTS) is 1. The number of Topliss-reactive ketones (excluding diaryl/α,β-unsaturated/α-hetero) is 1. The van der Waals surface area contributed by atoms with Crippen molar-refractivity contribution in [2.24, 2.45) is 17.8 Å². The van der Waals surface area contributed by atoms with Crippen molar-refractivity contribution in [1.82, 2.24) is 20.9 Å². The maximum atomic E-state index is 14.9. The first kappa shape index (κ1) is 36.4. The van der Waals surface area contributed by atoms with Gasteiger partial charge < -0.3 is 30.7 Å². The van der Waals surface area contributed by atoms with E-state index < -0.39 is 102 Å². The number of aliphatic carboxylic acids is 1. The number of nitrogens with zero attached hydrogens (tertiary/aromatic N) is 1. The van der Waals surface area contributed by atoms with E-state index in [2.05, 4.69) is 16.0 Å². The summed E-state index contributed by atoms with van der Waals surface area (Å²) in [6.07, 6.45) is -1.65. The number of carbonyl (C=O) groups is 6. The van der Waals surface area contributed by atoms with Crippen LogP contribution in [0.25, 0.3) is 0 Å². The second-order valence-corrected chi connectivity index (χ2v) is 12.6. The highest BCUT2D eigenvalue weighted by Crippen LogP contribution is 2.51. The highest BCUT2D eigenvalue weighted by Gasteiger charge is 2.61. The van der Waals surface area contributed by atoms with E-state index in [4.69, 9.17) is 4.74 Å². The van der Waals surface area contributed by atoms with E-state index in [0.29, 0.717) is 12.0 Å². The predicted molar refractivity (Wildman–Crippen MR) is 162 cm³/mol. The van der Waals surface area contributed by atoms with Gasteiger partial charge in [-0.15, -0.1) is 0 Å². The number of halogens is 2. The normalized spacial score (nSPS) is 22.0. The Labute approximate surface area is 267 Å². The molecule has 14 heteroatoms. The van der Waals surface area contributed by atoms with E-state index >= 15 is 0 Å². The number of alkyl carbamates (subject to hydrolysis) is 1. The number of benzene rings is 1. The van der Waals surface area contributed by atoms with Crippen LogP contribution >= 0.6 is 0 Å². The van der Waals surface area contributed by atoms with Crippen molar-refractivity contribution < 1.29 is 47.4 Å². The van der Waals surface area contributed by atoms with Gasteiger partial charge in [0.1, 0.15) is 18.1 Å². The van der Waals surface area contributed by atoms with Gasteiger partial charge in [0.25, 0.3) is 11.8 Å². The molecule has 1 aromatic rings. The van der Waals surface area contributed by atoms with Crippen molar-refractivity contribution in [2.75, 3.05) is 6.54 Å². The van der Waals surface area contributed by atoms with Crippen LogP contribution in [0.2, 0.25) is 0 Å². The number of likely N-dealkylation sites (tertiary alicyclic amines) is 1. The van der Waals surface area contributed by atoms with Gasteiger partial charge in [-0.3, -0.25) is 19.2 Å². The van der Waals surface area contributed by atoms with Crippen molar-refractivity contribution in [1.29, 1.82) is 0 Å². The lowest BCUT2D eigenvalue weighted by atomic mass is 9.91. The standard InChI is InChI=1S/C32H44F2N4O8/c1-6-10-22(26(39)28(41)36-23(30(43)44)15-19-11-8-7-9-12-19)35-27(40)25-20-13-14-32(33,34)21(20)16-38(25)29(42)24(17(2)3)37-31(45)46-18(4)5/h7-9,11-12,17-18,20-25H,6,10,13-16H2,1-5H3,(H,35,40)(H,36,41)(H,37,45)(H,43,44)/t20-,21-,22+,23-,24-,25-/m0/s1. The molecule has 2 aliphatic rings. The first-order valence-electron chi connectivity index (χ1n) is 15.6. The molecule has 4 N–H and O–H groups in total. The number of carbonyl (C=O) groups excluding carboxylic acids is 5. The zero-order valence-electron chi connectivity index (χ0n) is 26.8. The van der Waals surface area contributed by atoms with Crippen LogP contribution in [-0.2, 0) is 35.1 Å². The molecule has 0 spiro atoms. The number of rotatable bonds is 14. The van der Waals surface area contributed by atoms with Gasteiger partial charge in [-0.1, -0.05) is 57.5 Å². The smallest absolute Gasteiger partial charge is 0.408 e. The molecule has 46 heavy (non-hydrogen) atoms. The molecule has 12 nitrogen and oxygen atoms in total. The summed E-state index contributed by atoms with van der Waals surface area (Å²) in [6, 6.07) is 3.08. The Kier molecular flexibility index (Phi) is 12.2. The van der Waals surface area contributed by atoms with Gasteiger partial charge in [0, 0.05) is 25.3 Å². The summed E-state index contributed by atoms with van der Waals surface area (Å²) in [5, 5.41) is 16.9. The molecule has 6 atom stereocenters. The molecule has 1 saturated carbocycles. The monoisotopic (exact) mass is 650 g/mol. The molecule has 1 heterocycles. The summed E-state index contributed by atoms with van der Waals surface area (Å²) in [7, 11) is 0. The van der Waals surface area contributed by atoms with Gasteiger partial charge >= 0.3 is 12.1 Å².